The maximum absolute atomic E-state index is 13.8. The molecule has 3 rings (SSSR count). The number of nitrogens with one attached hydrogen (secondary N) is 1. The number of carbonyl (C=O) groups is 2. The zero-order valence-electron chi connectivity index (χ0n) is 18.5. The Labute approximate surface area is 214 Å². The highest BCUT2D eigenvalue weighted by Gasteiger charge is 2.26. The van der Waals surface area contributed by atoms with Gasteiger partial charge in [-0.05, 0) is 36.2 Å². The first-order valence-electron chi connectivity index (χ1n) is 10.4. The van der Waals surface area contributed by atoms with Gasteiger partial charge in [-0.15, -0.1) is 0 Å². The Morgan fingerprint density at radius 3 is 2.80 bits per heavy atom. The second-order valence-electron chi connectivity index (χ2n) is 7.50. The summed E-state index contributed by atoms with van der Waals surface area (Å²) in [7, 11) is 0. The van der Waals surface area contributed by atoms with Crippen LogP contribution in [0.25, 0.3) is 10.2 Å². The molecule has 0 saturated heterocycles. The van der Waals surface area contributed by atoms with E-state index < -0.39 is 30.5 Å². The Morgan fingerprint density at radius 2 is 2.11 bits per heavy atom. The third-order valence-electron chi connectivity index (χ3n) is 4.96. The molecule has 0 bridgehead atoms. The number of hydrazine groups is 1. The van der Waals surface area contributed by atoms with Crippen molar-refractivity contribution in [3.63, 3.8) is 0 Å². The molecule has 2 atom stereocenters. The molecule has 0 spiro atoms. The number of halogens is 3. The van der Waals surface area contributed by atoms with Crippen molar-refractivity contribution in [2.24, 2.45) is 0 Å². The first-order valence-corrected chi connectivity index (χ1v) is 12.0. The Bertz CT molecular complexity index is 1180. The summed E-state index contributed by atoms with van der Waals surface area (Å²) >= 11 is 13.2. The number of amides is 2. The van der Waals surface area contributed by atoms with Gasteiger partial charge in [-0.25, -0.2) is 14.8 Å². The van der Waals surface area contributed by atoms with E-state index in [2.05, 4.69) is 10.4 Å². The first-order chi connectivity index (χ1) is 16.7. The van der Waals surface area contributed by atoms with Gasteiger partial charge in [-0.1, -0.05) is 46.7 Å². The largest absolute Gasteiger partial charge is 0.394 e. The summed E-state index contributed by atoms with van der Waals surface area (Å²) in [5, 5.41) is 22.1. The molecule has 0 radical (unpaired) electrons. The van der Waals surface area contributed by atoms with E-state index >= 15 is 0 Å². The van der Waals surface area contributed by atoms with Crippen molar-refractivity contribution in [3.05, 3.63) is 57.8 Å². The Hall–Kier alpha value is -2.38. The predicted molar refractivity (Wildman–Crippen MR) is 131 cm³/mol. The maximum atomic E-state index is 13.8. The van der Waals surface area contributed by atoms with Crippen LogP contribution in [0.15, 0.2) is 36.4 Å². The summed E-state index contributed by atoms with van der Waals surface area (Å²) in [4.78, 5) is 34.1. The Balaban J connectivity index is 1.77. The number of hydrogen-bond donors (Lipinski definition) is 3. The average molecular weight is 545 g/mol. The molecule has 2 aromatic carbocycles. The van der Waals surface area contributed by atoms with Crippen molar-refractivity contribution >= 4 is 62.2 Å². The monoisotopic (exact) mass is 544 g/mol. The highest BCUT2D eigenvalue weighted by molar-refractivity contribution is 7.22. The van der Waals surface area contributed by atoms with Crippen LogP contribution in [0.5, 0.6) is 0 Å². The normalized spacial score (nSPS) is 13.0. The van der Waals surface area contributed by atoms with Crippen molar-refractivity contribution in [1.82, 2.24) is 15.4 Å². The molecule has 188 valence electrons. The van der Waals surface area contributed by atoms with Crippen LogP contribution in [0.4, 0.5) is 9.52 Å². The first kappa shape index (κ1) is 27.2. The summed E-state index contributed by atoms with van der Waals surface area (Å²) < 4.78 is 14.5. The fourth-order valence-electron chi connectivity index (χ4n) is 3.27. The fourth-order valence-corrected chi connectivity index (χ4v) is 4.63. The number of carbonyl (C=O) groups excluding carboxylic acids is 2. The SMILES string of the molecule is CC(=O)N(NCc1cccc(F)c1Cl)[C@H](CON(C=O)c1nc2ccc(Cl)cc2s1)C[C@@H](O)CO. The number of hydrogen-bond acceptors (Lipinski definition) is 8. The Morgan fingerprint density at radius 1 is 1.34 bits per heavy atom. The van der Waals surface area contributed by atoms with Gasteiger partial charge in [0.15, 0.2) is 0 Å². The van der Waals surface area contributed by atoms with E-state index in [1.54, 1.807) is 24.3 Å². The van der Waals surface area contributed by atoms with Gasteiger partial charge in [0.2, 0.25) is 17.4 Å². The summed E-state index contributed by atoms with van der Waals surface area (Å²) in [5.41, 5.74) is 3.89. The van der Waals surface area contributed by atoms with E-state index in [4.69, 9.17) is 28.0 Å². The molecule has 3 aromatic rings. The maximum Gasteiger partial charge on any atom is 0.240 e. The quantitative estimate of drug-likeness (QED) is 0.236. The van der Waals surface area contributed by atoms with Gasteiger partial charge < -0.3 is 10.2 Å². The molecule has 0 unspecified atom stereocenters. The summed E-state index contributed by atoms with van der Waals surface area (Å²) in [5.74, 6) is -1.04. The van der Waals surface area contributed by atoms with Crippen LogP contribution in [0.3, 0.4) is 0 Å². The minimum absolute atomic E-state index is 0.00207. The number of hydroxylamine groups is 1. The lowest BCUT2D eigenvalue weighted by Gasteiger charge is -2.33. The standard InChI is InChI=1S/C22H23Cl2FN4O5S/c1-13(32)29(26-9-14-3-2-4-18(25)21(14)24)16(8-17(33)10-30)11-34-28(12-31)22-27-19-6-5-15(23)7-20(19)35-22/h2-7,12,16-17,26,30,33H,8-11H2,1H3/t16-,17+/m0/s1. The minimum atomic E-state index is -1.17. The van der Waals surface area contributed by atoms with Crippen molar-refractivity contribution in [3.8, 4) is 0 Å². The summed E-state index contributed by atoms with van der Waals surface area (Å²) in [6, 6.07) is 8.56. The molecule has 1 heterocycles. The van der Waals surface area contributed by atoms with E-state index in [0.717, 1.165) is 9.76 Å². The second-order valence-corrected chi connectivity index (χ2v) is 9.32. The van der Waals surface area contributed by atoms with E-state index in [9.17, 15) is 24.2 Å². The van der Waals surface area contributed by atoms with Crippen LogP contribution < -0.4 is 10.5 Å². The number of thiazole rings is 1. The molecule has 1 aromatic heterocycles. The predicted octanol–water partition coefficient (Wildman–Crippen LogP) is 3.30. The van der Waals surface area contributed by atoms with Gasteiger partial charge >= 0.3 is 0 Å². The summed E-state index contributed by atoms with van der Waals surface area (Å²) in [6.45, 7) is 0.495. The topological polar surface area (TPSA) is 115 Å². The minimum Gasteiger partial charge on any atom is -0.394 e. The van der Waals surface area contributed by atoms with Crippen LogP contribution in [0.1, 0.15) is 18.9 Å². The van der Waals surface area contributed by atoms with Crippen molar-refractivity contribution < 1.29 is 29.0 Å². The van der Waals surface area contributed by atoms with Gasteiger partial charge in [0.25, 0.3) is 0 Å². The van der Waals surface area contributed by atoms with Crippen LogP contribution >= 0.6 is 34.5 Å². The number of nitrogens with zero attached hydrogens (tertiary/aromatic N) is 3. The molecule has 2 amide bonds. The molecule has 13 heteroatoms. The molecule has 3 N–H and O–H groups in total. The van der Waals surface area contributed by atoms with Crippen molar-refractivity contribution in [2.45, 2.75) is 32.0 Å². The van der Waals surface area contributed by atoms with E-state index in [1.165, 1.54) is 35.4 Å². The van der Waals surface area contributed by atoms with Crippen molar-refractivity contribution in [1.29, 1.82) is 0 Å². The van der Waals surface area contributed by atoms with Crippen LogP contribution in [-0.2, 0) is 21.0 Å². The van der Waals surface area contributed by atoms with Crippen LogP contribution in [0, 0.1) is 5.82 Å². The van der Waals surface area contributed by atoms with E-state index in [1.807, 2.05) is 0 Å². The third kappa shape index (κ3) is 7.07. The summed E-state index contributed by atoms with van der Waals surface area (Å²) in [6.07, 6.45) is -0.821. The van der Waals surface area contributed by atoms with Crippen LogP contribution in [-0.4, -0.2) is 57.9 Å². The van der Waals surface area contributed by atoms with Crippen molar-refractivity contribution in [2.75, 3.05) is 18.3 Å². The second kappa shape index (κ2) is 12.5. The molecule has 0 aliphatic heterocycles. The zero-order valence-corrected chi connectivity index (χ0v) is 20.9. The molecule has 35 heavy (non-hydrogen) atoms. The highest BCUT2D eigenvalue weighted by Crippen LogP contribution is 2.30. The molecular weight excluding hydrogens is 522 g/mol. The number of aliphatic hydroxyl groups is 2. The van der Waals surface area contributed by atoms with Gasteiger partial charge in [0.05, 0.1) is 40.6 Å². The molecular formula is C22H23Cl2FN4O5S. The third-order valence-corrected chi connectivity index (χ3v) is 6.62. The molecule has 0 aliphatic rings. The van der Waals surface area contributed by atoms with Gasteiger partial charge in [0, 0.05) is 18.5 Å². The highest BCUT2D eigenvalue weighted by atomic mass is 35.5. The smallest absolute Gasteiger partial charge is 0.240 e. The lowest BCUT2D eigenvalue weighted by molar-refractivity contribution is -0.138. The van der Waals surface area contributed by atoms with Gasteiger partial charge in [-0.2, -0.15) is 5.06 Å². The number of aliphatic hydroxyl groups excluding tert-OH is 2. The van der Waals surface area contributed by atoms with E-state index in [0.29, 0.717) is 22.5 Å². The Kier molecular flexibility index (Phi) is 9.75. The molecule has 0 fully saturated rings. The number of fused-ring (bicyclic) bond motifs is 1. The lowest BCUT2D eigenvalue weighted by Crippen LogP contribution is -2.52. The lowest BCUT2D eigenvalue weighted by atomic mass is 10.1. The molecule has 0 saturated carbocycles. The van der Waals surface area contributed by atoms with Gasteiger partial charge in [0.1, 0.15) is 5.82 Å². The van der Waals surface area contributed by atoms with Gasteiger partial charge in [-0.3, -0.25) is 19.4 Å². The molecule has 9 nitrogen and oxygen atoms in total. The van der Waals surface area contributed by atoms with Crippen LogP contribution in [0.2, 0.25) is 10.0 Å². The zero-order chi connectivity index (χ0) is 25.5. The number of anilines is 1. The molecule has 0 aliphatic carbocycles. The van der Waals surface area contributed by atoms with E-state index in [-0.39, 0.29) is 29.7 Å². The average Bonchev–Trinajstić information content (AvgIpc) is 3.24. The number of aromatic nitrogens is 1. The fraction of sp³-hybridized carbons (Fsp3) is 0.318. The number of rotatable bonds is 12. The number of benzene rings is 2.